The minimum atomic E-state index is -0.184. The molecule has 2 aliphatic carbocycles. The van der Waals surface area contributed by atoms with Crippen LogP contribution in [0.4, 0.5) is 0 Å². The summed E-state index contributed by atoms with van der Waals surface area (Å²) in [4.78, 5) is 24.3. The zero-order valence-electron chi connectivity index (χ0n) is 14.8. The van der Waals surface area contributed by atoms with Crippen molar-refractivity contribution in [3.05, 3.63) is 22.8 Å². The molecule has 23 heavy (non-hydrogen) atoms. The lowest BCUT2D eigenvalue weighted by molar-refractivity contribution is -0.136. The largest absolute Gasteiger partial charge is 0.458 e. The lowest BCUT2D eigenvalue weighted by Crippen LogP contribution is -2.47. The van der Waals surface area contributed by atoms with Crippen LogP contribution >= 0.6 is 0 Å². The average Bonchev–Trinajstić information content (AvgIpc) is 2.87. The van der Waals surface area contributed by atoms with Crippen molar-refractivity contribution in [1.29, 1.82) is 0 Å². The number of Topliss-reactive ketones (excluding diaryl/α,β-unsaturated/α-hetero) is 1. The number of rotatable bonds is 3. The third-order valence-corrected chi connectivity index (χ3v) is 6.63. The van der Waals surface area contributed by atoms with Gasteiger partial charge in [0.15, 0.2) is 5.78 Å². The highest BCUT2D eigenvalue weighted by Crippen LogP contribution is 2.59. The van der Waals surface area contributed by atoms with Crippen molar-refractivity contribution in [3.8, 4) is 0 Å². The van der Waals surface area contributed by atoms with Gasteiger partial charge in [-0.3, -0.25) is 4.79 Å². The fourth-order valence-electron chi connectivity index (χ4n) is 5.25. The van der Waals surface area contributed by atoms with Crippen LogP contribution < -0.4 is 0 Å². The smallest absolute Gasteiger partial charge is 0.334 e. The molecule has 0 unspecified atom stereocenters. The van der Waals surface area contributed by atoms with Crippen LogP contribution in [0, 0.1) is 16.7 Å². The van der Waals surface area contributed by atoms with Crippen molar-refractivity contribution in [2.24, 2.45) is 16.7 Å². The van der Waals surface area contributed by atoms with Gasteiger partial charge in [-0.1, -0.05) is 32.8 Å². The maximum absolute atomic E-state index is 12.6. The fraction of sp³-hybridized carbons (Fsp3) is 0.700. The van der Waals surface area contributed by atoms with E-state index in [-0.39, 0.29) is 16.8 Å². The molecule has 1 aliphatic heterocycles. The molecule has 1 saturated carbocycles. The molecule has 3 nitrogen and oxygen atoms in total. The van der Waals surface area contributed by atoms with Gasteiger partial charge in [-0.05, 0) is 61.0 Å². The summed E-state index contributed by atoms with van der Waals surface area (Å²) in [6, 6.07) is 0. The number of carbonyl (C=O) groups is 2. The van der Waals surface area contributed by atoms with Crippen LogP contribution in [-0.4, -0.2) is 18.4 Å². The molecular formula is C20H28O3. The normalized spacial score (nSPS) is 33.4. The Labute approximate surface area is 139 Å². The molecule has 2 atom stereocenters. The van der Waals surface area contributed by atoms with Gasteiger partial charge >= 0.3 is 5.97 Å². The molecule has 0 N–H and O–H groups in total. The van der Waals surface area contributed by atoms with Crippen molar-refractivity contribution in [3.63, 3.8) is 0 Å². The zero-order valence-corrected chi connectivity index (χ0v) is 14.8. The molecule has 0 amide bonds. The summed E-state index contributed by atoms with van der Waals surface area (Å²) in [5.41, 5.74) is 3.34. The van der Waals surface area contributed by atoms with Crippen LogP contribution in [0.5, 0.6) is 0 Å². The van der Waals surface area contributed by atoms with Crippen LogP contribution in [0.2, 0.25) is 0 Å². The molecule has 0 saturated heterocycles. The summed E-state index contributed by atoms with van der Waals surface area (Å²) in [7, 11) is 0. The van der Waals surface area contributed by atoms with E-state index in [9.17, 15) is 9.59 Å². The van der Waals surface area contributed by atoms with E-state index in [1.54, 1.807) is 0 Å². The molecule has 0 aromatic heterocycles. The number of ketones is 1. The topological polar surface area (TPSA) is 43.4 Å². The van der Waals surface area contributed by atoms with E-state index in [0.29, 0.717) is 31.1 Å². The van der Waals surface area contributed by atoms with Crippen molar-refractivity contribution < 1.29 is 14.3 Å². The second kappa shape index (κ2) is 5.61. The number of hydrogen-bond donors (Lipinski definition) is 0. The Bertz CT molecular complexity index is 608. The molecule has 0 bridgehead atoms. The molecular weight excluding hydrogens is 288 g/mol. The second-order valence-corrected chi connectivity index (χ2v) is 8.37. The second-order valence-electron chi connectivity index (χ2n) is 8.37. The first-order valence-corrected chi connectivity index (χ1v) is 8.85. The predicted octanol–water partition coefficient (Wildman–Crippen LogP) is 4.37. The van der Waals surface area contributed by atoms with Crippen molar-refractivity contribution in [1.82, 2.24) is 0 Å². The van der Waals surface area contributed by atoms with Gasteiger partial charge in [-0.2, -0.15) is 0 Å². The summed E-state index contributed by atoms with van der Waals surface area (Å²) in [6.45, 7) is 9.38. The van der Waals surface area contributed by atoms with E-state index in [1.165, 1.54) is 18.4 Å². The summed E-state index contributed by atoms with van der Waals surface area (Å²) in [6.07, 6.45) is 7.64. The summed E-state index contributed by atoms with van der Waals surface area (Å²) in [5, 5.41) is 0. The van der Waals surface area contributed by atoms with Crippen LogP contribution in [0.3, 0.4) is 0 Å². The average molecular weight is 316 g/mol. The van der Waals surface area contributed by atoms with E-state index < -0.39 is 0 Å². The standard InChI is InChI=1S/C20H28O3/c1-13-15(7-6-14-8-11-23-18(14)22)20(4)10-5-9-19(2,3)17(20)12-16(13)21/h8,17H,5-7,9-12H2,1-4H3/t17-,20+/m0/s1. The van der Waals surface area contributed by atoms with E-state index in [0.717, 1.165) is 24.0 Å². The molecule has 0 aromatic rings. The Morgan fingerprint density at radius 3 is 2.57 bits per heavy atom. The van der Waals surface area contributed by atoms with Gasteiger partial charge in [0.05, 0.1) is 0 Å². The van der Waals surface area contributed by atoms with Crippen LogP contribution in [0.1, 0.15) is 66.2 Å². The van der Waals surface area contributed by atoms with Crippen LogP contribution in [-0.2, 0) is 14.3 Å². The number of allylic oxidation sites excluding steroid dienone is 2. The van der Waals surface area contributed by atoms with Crippen LogP contribution in [0.25, 0.3) is 0 Å². The molecule has 1 heterocycles. The van der Waals surface area contributed by atoms with Gasteiger partial charge in [0, 0.05) is 12.0 Å². The van der Waals surface area contributed by atoms with Crippen molar-refractivity contribution >= 4 is 11.8 Å². The minimum absolute atomic E-state index is 0.100. The minimum Gasteiger partial charge on any atom is -0.458 e. The first-order chi connectivity index (χ1) is 10.8. The van der Waals surface area contributed by atoms with Gasteiger partial charge in [0.1, 0.15) is 6.61 Å². The number of hydrogen-bond acceptors (Lipinski definition) is 3. The monoisotopic (exact) mass is 316 g/mol. The predicted molar refractivity (Wildman–Crippen MR) is 89.8 cm³/mol. The number of fused-ring (bicyclic) bond motifs is 1. The van der Waals surface area contributed by atoms with E-state index in [2.05, 4.69) is 20.8 Å². The highest BCUT2D eigenvalue weighted by atomic mass is 16.5. The Hall–Kier alpha value is -1.38. The Kier molecular flexibility index (Phi) is 4.02. The summed E-state index contributed by atoms with van der Waals surface area (Å²) >= 11 is 0. The van der Waals surface area contributed by atoms with E-state index in [4.69, 9.17) is 4.74 Å². The molecule has 0 aromatic carbocycles. The van der Waals surface area contributed by atoms with Gasteiger partial charge in [-0.15, -0.1) is 0 Å². The lowest BCUT2D eigenvalue weighted by Gasteiger charge is -2.54. The number of carbonyl (C=O) groups excluding carboxylic acids is 2. The third-order valence-electron chi connectivity index (χ3n) is 6.63. The highest BCUT2D eigenvalue weighted by molar-refractivity contribution is 5.97. The Balaban J connectivity index is 1.90. The Morgan fingerprint density at radius 1 is 1.17 bits per heavy atom. The molecule has 1 fully saturated rings. The lowest BCUT2D eigenvalue weighted by atomic mass is 9.49. The first-order valence-electron chi connectivity index (χ1n) is 8.85. The molecule has 0 spiro atoms. The highest BCUT2D eigenvalue weighted by Gasteiger charge is 2.51. The summed E-state index contributed by atoms with van der Waals surface area (Å²) < 4.78 is 5.00. The molecule has 0 radical (unpaired) electrons. The van der Waals surface area contributed by atoms with Gasteiger partial charge in [-0.25, -0.2) is 4.79 Å². The van der Waals surface area contributed by atoms with E-state index in [1.807, 2.05) is 13.0 Å². The zero-order chi connectivity index (χ0) is 16.8. The van der Waals surface area contributed by atoms with Crippen LogP contribution in [0.15, 0.2) is 22.8 Å². The van der Waals surface area contributed by atoms with Crippen molar-refractivity contribution in [2.75, 3.05) is 6.61 Å². The van der Waals surface area contributed by atoms with Crippen molar-refractivity contribution in [2.45, 2.75) is 66.2 Å². The molecule has 3 heteroatoms. The maximum Gasteiger partial charge on any atom is 0.334 e. The number of ether oxygens (including phenoxy) is 1. The SMILES string of the molecule is CC1=C(CCC2=CCOC2=O)[C@@]2(C)CCCC(C)(C)[C@@H]2CC1=O. The quantitative estimate of drug-likeness (QED) is 0.726. The molecule has 126 valence electrons. The molecule has 3 aliphatic rings. The van der Waals surface area contributed by atoms with E-state index >= 15 is 0 Å². The number of cyclic esters (lactones) is 1. The van der Waals surface area contributed by atoms with Gasteiger partial charge in [0.25, 0.3) is 0 Å². The Morgan fingerprint density at radius 2 is 1.91 bits per heavy atom. The first kappa shape index (κ1) is 16.5. The fourth-order valence-corrected chi connectivity index (χ4v) is 5.25. The summed E-state index contributed by atoms with van der Waals surface area (Å²) in [5.74, 6) is 0.538. The maximum atomic E-state index is 12.6. The van der Waals surface area contributed by atoms with Gasteiger partial charge < -0.3 is 4.74 Å². The van der Waals surface area contributed by atoms with Gasteiger partial charge in [0.2, 0.25) is 0 Å². The molecule has 3 rings (SSSR count). The third kappa shape index (κ3) is 2.68. The number of esters is 1.